The second kappa shape index (κ2) is 3.66. The summed E-state index contributed by atoms with van der Waals surface area (Å²) >= 11 is 0. The molecule has 0 saturated heterocycles. The first-order valence-corrected chi connectivity index (χ1v) is 3.61. The second-order valence-electron chi connectivity index (χ2n) is 2.49. The fraction of sp³-hybridized carbons (Fsp3) is 0.125. The van der Waals surface area contributed by atoms with Crippen molar-refractivity contribution in [2.24, 2.45) is 0 Å². The number of nitro groups is 1. The van der Waals surface area contributed by atoms with Gasteiger partial charge in [0.2, 0.25) is 6.41 Å². The highest BCUT2D eigenvalue weighted by molar-refractivity contribution is 5.79. The Bertz CT molecular complexity index is 349. The van der Waals surface area contributed by atoms with E-state index in [4.69, 9.17) is 0 Å². The van der Waals surface area contributed by atoms with Crippen molar-refractivity contribution in [1.29, 1.82) is 0 Å². The first-order chi connectivity index (χ1) is 6.16. The van der Waals surface area contributed by atoms with Crippen LogP contribution in [0.4, 0.5) is 11.4 Å². The zero-order chi connectivity index (χ0) is 9.84. The van der Waals surface area contributed by atoms with E-state index in [9.17, 15) is 14.9 Å². The van der Waals surface area contributed by atoms with Crippen LogP contribution in [0.1, 0.15) is 5.56 Å². The van der Waals surface area contributed by atoms with Gasteiger partial charge in [0.1, 0.15) is 5.69 Å². The maximum absolute atomic E-state index is 10.5. The lowest BCUT2D eigenvalue weighted by atomic mass is 10.2. The first-order valence-electron chi connectivity index (χ1n) is 3.61. The van der Waals surface area contributed by atoms with Gasteiger partial charge in [-0.2, -0.15) is 0 Å². The van der Waals surface area contributed by atoms with Gasteiger partial charge in [-0.25, -0.2) is 0 Å². The van der Waals surface area contributed by atoms with E-state index in [0.29, 0.717) is 12.0 Å². The number of aryl methyl sites for hydroxylation is 1. The van der Waals surface area contributed by atoms with Crippen LogP contribution in [0.2, 0.25) is 0 Å². The Hall–Kier alpha value is -1.91. The first kappa shape index (κ1) is 9.18. The molecular formula is C8H8N2O3. The third-order valence-electron chi connectivity index (χ3n) is 1.65. The molecule has 1 rings (SSSR count). The smallest absolute Gasteiger partial charge is 0.293 e. The minimum atomic E-state index is -0.529. The van der Waals surface area contributed by atoms with Crippen molar-refractivity contribution in [2.75, 3.05) is 5.32 Å². The van der Waals surface area contributed by atoms with E-state index >= 15 is 0 Å². The molecule has 0 spiro atoms. The monoisotopic (exact) mass is 180 g/mol. The molecule has 0 aromatic heterocycles. The zero-order valence-electron chi connectivity index (χ0n) is 6.98. The minimum Gasteiger partial charge on any atom is -0.323 e. The van der Waals surface area contributed by atoms with Crippen molar-refractivity contribution in [3.63, 3.8) is 0 Å². The van der Waals surface area contributed by atoms with Crippen LogP contribution in [-0.2, 0) is 4.79 Å². The molecule has 1 aromatic carbocycles. The lowest BCUT2D eigenvalue weighted by molar-refractivity contribution is -0.384. The Labute approximate surface area is 74.5 Å². The average molecular weight is 180 g/mol. The number of para-hydroxylation sites is 1. The van der Waals surface area contributed by atoms with Crippen LogP contribution in [0.15, 0.2) is 18.2 Å². The van der Waals surface area contributed by atoms with Gasteiger partial charge in [-0.3, -0.25) is 14.9 Å². The molecule has 1 N–H and O–H groups in total. The van der Waals surface area contributed by atoms with E-state index in [0.717, 1.165) is 0 Å². The van der Waals surface area contributed by atoms with Crippen molar-refractivity contribution in [3.8, 4) is 0 Å². The molecule has 0 saturated carbocycles. The van der Waals surface area contributed by atoms with Gasteiger partial charge in [0, 0.05) is 6.07 Å². The summed E-state index contributed by atoms with van der Waals surface area (Å²) in [6.07, 6.45) is 0.426. The highest BCUT2D eigenvalue weighted by Crippen LogP contribution is 2.26. The SMILES string of the molecule is Cc1cccc([N+](=O)[O-])c1NC=O. The van der Waals surface area contributed by atoms with Crippen molar-refractivity contribution in [2.45, 2.75) is 6.92 Å². The van der Waals surface area contributed by atoms with Gasteiger partial charge in [-0.15, -0.1) is 0 Å². The van der Waals surface area contributed by atoms with Crippen molar-refractivity contribution >= 4 is 17.8 Å². The van der Waals surface area contributed by atoms with E-state index in [2.05, 4.69) is 5.32 Å². The Kier molecular flexibility index (Phi) is 2.59. The van der Waals surface area contributed by atoms with Crippen LogP contribution in [-0.4, -0.2) is 11.3 Å². The fourth-order valence-electron chi connectivity index (χ4n) is 1.05. The van der Waals surface area contributed by atoms with Crippen molar-refractivity contribution in [3.05, 3.63) is 33.9 Å². The van der Waals surface area contributed by atoms with Crippen LogP contribution >= 0.6 is 0 Å². The van der Waals surface area contributed by atoms with Crippen LogP contribution in [0, 0.1) is 17.0 Å². The lowest BCUT2D eigenvalue weighted by Crippen LogP contribution is -2.01. The Morgan fingerprint density at radius 3 is 2.77 bits per heavy atom. The number of rotatable bonds is 3. The summed E-state index contributed by atoms with van der Waals surface area (Å²) in [7, 11) is 0. The van der Waals surface area contributed by atoms with E-state index < -0.39 is 4.92 Å². The molecule has 68 valence electrons. The van der Waals surface area contributed by atoms with Gasteiger partial charge in [-0.1, -0.05) is 12.1 Å². The number of benzene rings is 1. The van der Waals surface area contributed by atoms with E-state index in [1.807, 2.05) is 0 Å². The Morgan fingerprint density at radius 1 is 1.54 bits per heavy atom. The molecular weight excluding hydrogens is 172 g/mol. The molecule has 0 atom stereocenters. The molecule has 0 bridgehead atoms. The predicted molar refractivity (Wildman–Crippen MR) is 47.5 cm³/mol. The van der Waals surface area contributed by atoms with Gasteiger partial charge in [0.05, 0.1) is 4.92 Å². The molecule has 5 nitrogen and oxygen atoms in total. The highest BCUT2D eigenvalue weighted by Gasteiger charge is 2.13. The number of nitrogens with zero attached hydrogens (tertiary/aromatic N) is 1. The van der Waals surface area contributed by atoms with Gasteiger partial charge < -0.3 is 5.32 Å². The van der Waals surface area contributed by atoms with Crippen LogP contribution < -0.4 is 5.32 Å². The molecule has 0 aliphatic heterocycles. The highest BCUT2D eigenvalue weighted by atomic mass is 16.6. The number of carbonyl (C=O) groups is 1. The number of amides is 1. The summed E-state index contributed by atoms with van der Waals surface area (Å²) in [6, 6.07) is 4.61. The molecule has 0 heterocycles. The molecule has 1 amide bonds. The number of hydrogen-bond acceptors (Lipinski definition) is 3. The topological polar surface area (TPSA) is 72.2 Å². The number of nitrogens with one attached hydrogen (secondary N) is 1. The van der Waals surface area contributed by atoms with Crippen molar-refractivity contribution < 1.29 is 9.72 Å². The summed E-state index contributed by atoms with van der Waals surface area (Å²) < 4.78 is 0. The summed E-state index contributed by atoms with van der Waals surface area (Å²) in [5, 5.41) is 12.8. The summed E-state index contributed by atoms with van der Waals surface area (Å²) in [5.74, 6) is 0. The van der Waals surface area contributed by atoms with Gasteiger partial charge in [0.15, 0.2) is 0 Å². The normalized spacial score (nSPS) is 9.31. The minimum absolute atomic E-state index is 0.0906. The maximum atomic E-state index is 10.5. The van der Waals surface area contributed by atoms with Gasteiger partial charge in [-0.05, 0) is 12.5 Å². The Balaban J connectivity index is 3.24. The largest absolute Gasteiger partial charge is 0.323 e. The number of carbonyl (C=O) groups excluding carboxylic acids is 1. The average Bonchev–Trinajstić information content (AvgIpc) is 2.08. The van der Waals surface area contributed by atoms with Crippen LogP contribution in [0.25, 0.3) is 0 Å². The van der Waals surface area contributed by atoms with Gasteiger partial charge >= 0.3 is 0 Å². The molecule has 5 heteroatoms. The molecule has 0 aliphatic carbocycles. The van der Waals surface area contributed by atoms with Crippen LogP contribution in [0.5, 0.6) is 0 Å². The molecule has 1 aromatic rings. The number of hydrogen-bond donors (Lipinski definition) is 1. The second-order valence-corrected chi connectivity index (χ2v) is 2.49. The molecule has 0 radical (unpaired) electrons. The standard InChI is InChI=1S/C8H8N2O3/c1-6-3-2-4-7(10(12)13)8(6)9-5-11/h2-5H,1H3,(H,9,11). The summed E-state index contributed by atoms with van der Waals surface area (Å²) in [4.78, 5) is 20.1. The number of nitro benzene ring substituents is 1. The summed E-state index contributed by atoms with van der Waals surface area (Å²) in [6.45, 7) is 1.69. The lowest BCUT2D eigenvalue weighted by Gasteiger charge is -2.03. The molecule has 0 fully saturated rings. The third-order valence-corrected chi connectivity index (χ3v) is 1.65. The van der Waals surface area contributed by atoms with Crippen LogP contribution in [0.3, 0.4) is 0 Å². The fourth-order valence-corrected chi connectivity index (χ4v) is 1.05. The number of anilines is 1. The van der Waals surface area contributed by atoms with E-state index in [1.54, 1.807) is 19.1 Å². The van der Waals surface area contributed by atoms with Crippen molar-refractivity contribution in [1.82, 2.24) is 0 Å². The third kappa shape index (κ3) is 1.81. The quantitative estimate of drug-likeness (QED) is 0.435. The zero-order valence-corrected chi connectivity index (χ0v) is 6.98. The van der Waals surface area contributed by atoms with E-state index in [-0.39, 0.29) is 11.4 Å². The molecule has 13 heavy (non-hydrogen) atoms. The van der Waals surface area contributed by atoms with E-state index in [1.165, 1.54) is 6.07 Å². The predicted octanol–water partition coefficient (Wildman–Crippen LogP) is 1.47. The molecule has 0 unspecified atom stereocenters. The summed E-state index contributed by atoms with van der Waals surface area (Å²) in [5.41, 5.74) is 0.830. The maximum Gasteiger partial charge on any atom is 0.293 e. The Morgan fingerprint density at radius 2 is 2.23 bits per heavy atom. The van der Waals surface area contributed by atoms with Gasteiger partial charge in [0.25, 0.3) is 5.69 Å². The molecule has 0 aliphatic rings.